The van der Waals surface area contributed by atoms with Gasteiger partial charge in [-0.3, -0.25) is 0 Å². The summed E-state index contributed by atoms with van der Waals surface area (Å²) in [6.07, 6.45) is 1.74. The first kappa shape index (κ1) is 24.5. The number of hydrogen-bond acceptors (Lipinski definition) is 4. The lowest BCUT2D eigenvalue weighted by Gasteiger charge is -2.36. The van der Waals surface area contributed by atoms with E-state index >= 15 is 0 Å². The summed E-state index contributed by atoms with van der Waals surface area (Å²) in [5.41, 5.74) is 5.54. The van der Waals surface area contributed by atoms with Gasteiger partial charge in [-0.05, 0) is 25.1 Å². The van der Waals surface area contributed by atoms with Gasteiger partial charge in [0.05, 0.1) is 18.8 Å². The number of nitrogens with zero attached hydrogens (tertiary/aromatic N) is 3. The fourth-order valence-corrected chi connectivity index (χ4v) is 2.22. The van der Waals surface area contributed by atoms with Crippen LogP contribution in [0.25, 0.3) is 0 Å². The van der Waals surface area contributed by atoms with Gasteiger partial charge < -0.3 is 10.2 Å². The smallest absolute Gasteiger partial charge is 0.192 e. The highest BCUT2D eigenvalue weighted by molar-refractivity contribution is 7.59. The first-order valence-corrected chi connectivity index (χ1v) is 8.85. The van der Waals surface area contributed by atoms with Crippen LogP contribution >= 0.6 is 13.5 Å². The van der Waals surface area contributed by atoms with Crippen LogP contribution in [-0.2, 0) is 4.43 Å². The van der Waals surface area contributed by atoms with Gasteiger partial charge in [-0.2, -0.15) is 13.5 Å². The Kier molecular flexibility index (Phi) is 10.6. The minimum absolute atomic E-state index is 0. The molecule has 0 spiro atoms. The van der Waals surface area contributed by atoms with E-state index in [9.17, 15) is 0 Å². The standard InChI is InChI=1S/C11H24N4OSi.2CH4.H2S/c1-9(15-7-10(12)13-14-15)8-16-17(5,6)11(2,3)4;;;/h7,9H,8,12H2,1-6H3;2*1H4;1H2/t9-;;;/m0.../s1. The van der Waals surface area contributed by atoms with Crippen molar-refractivity contribution < 1.29 is 4.43 Å². The maximum atomic E-state index is 6.13. The van der Waals surface area contributed by atoms with E-state index in [1.54, 1.807) is 10.9 Å². The second-order valence-electron chi connectivity index (χ2n) is 6.04. The number of hydrogen-bond donors (Lipinski definition) is 1. The van der Waals surface area contributed by atoms with Gasteiger partial charge in [0.2, 0.25) is 0 Å². The zero-order valence-electron chi connectivity index (χ0n) is 12.2. The summed E-state index contributed by atoms with van der Waals surface area (Å²) in [6.45, 7) is 13.9. The molecule has 0 amide bonds. The minimum Gasteiger partial charge on any atom is -0.415 e. The predicted octanol–water partition coefficient (Wildman–Crippen LogP) is 3.83. The van der Waals surface area contributed by atoms with Crippen LogP contribution in [-0.4, -0.2) is 29.9 Å². The maximum Gasteiger partial charge on any atom is 0.192 e. The SMILES string of the molecule is C.C.C[C@@H](CO[Si](C)(C)C(C)(C)C)n1cc(N)nn1.S. The third-order valence-corrected chi connectivity index (χ3v) is 7.97. The Morgan fingerprint density at radius 3 is 2.20 bits per heavy atom. The molecule has 0 saturated carbocycles. The Hall–Kier alpha value is -0.533. The van der Waals surface area contributed by atoms with E-state index in [4.69, 9.17) is 10.2 Å². The van der Waals surface area contributed by atoms with Crippen molar-refractivity contribution in [2.24, 2.45) is 0 Å². The normalized spacial score (nSPS) is 12.7. The van der Waals surface area contributed by atoms with E-state index in [1.165, 1.54) is 0 Å². The van der Waals surface area contributed by atoms with Crippen molar-refractivity contribution in [3.8, 4) is 0 Å². The molecule has 0 bridgehead atoms. The van der Waals surface area contributed by atoms with E-state index in [2.05, 4.69) is 51.1 Å². The second kappa shape index (κ2) is 8.69. The Labute approximate surface area is 132 Å². The van der Waals surface area contributed by atoms with Crippen LogP contribution in [0.4, 0.5) is 5.82 Å². The van der Waals surface area contributed by atoms with Crippen molar-refractivity contribution in [2.45, 2.75) is 66.7 Å². The molecule has 1 rings (SSSR count). The van der Waals surface area contributed by atoms with Crippen LogP contribution in [0.2, 0.25) is 18.1 Å². The van der Waals surface area contributed by atoms with Crippen molar-refractivity contribution in [1.82, 2.24) is 15.0 Å². The second-order valence-corrected chi connectivity index (χ2v) is 10.9. The van der Waals surface area contributed by atoms with Crippen molar-refractivity contribution in [3.63, 3.8) is 0 Å². The number of aromatic nitrogens is 3. The highest BCUT2D eigenvalue weighted by Crippen LogP contribution is 2.36. The number of nitrogen functional groups attached to an aromatic ring is 1. The Morgan fingerprint density at radius 2 is 1.85 bits per heavy atom. The topological polar surface area (TPSA) is 66.0 Å². The fourth-order valence-electron chi connectivity index (χ4n) is 1.13. The molecule has 0 aliphatic rings. The molecule has 1 aromatic heterocycles. The largest absolute Gasteiger partial charge is 0.415 e. The molecule has 1 atom stereocenters. The molecule has 0 fully saturated rings. The van der Waals surface area contributed by atoms with Crippen LogP contribution in [0.3, 0.4) is 0 Å². The van der Waals surface area contributed by atoms with E-state index in [0.29, 0.717) is 12.4 Å². The highest BCUT2D eigenvalue weighted by Gasteiger charge is 2.37. The summed E-state index contributed by atoms with van der Waals surface area (Å²) in [5.74, 6) is 0.448. The number of anilines is 1. The highest BCUT2D eigenvalue weighted by atomic mass is 32.1. The van der Waals surface area contributed by atoms with E-state index < -0.39 is 8.32 Å². The molecule has 5 nitrogen and oxygen atoms in total. The van der Waals surface area contributed by atoms with Gasteiger partial charge in [-0.15, -0.1) is 5.10 Å². The molecule has 0 aliphatic carbocycles. The van der Waals surface area contributed by atoms with Gasteiger partial charge in [0.25, 0.3) is 0 Å². The zero-order valence-corrected chi connectivity index (χ0v) is 14.2. The lowest BCUT2D eigenvalue weighted by molar-refractivity contribution is 0.228. The molecule has 0 aliphatic heterocycles. The molecule has 122 valence electrons. The minimum atomic E-state index is -1.69. The molecule has 1 aromatic rings. The van der Waals surface area contributed by atoms with Crippen LogP contribution in [0.15, 0.2) is 6.20 Å². The van der Waals surface area contributed by atoms with Gasteiger partial charge in [-0.25, -0.2) is 4.68 Å². The first-order valence-electron chi connectivity index (χ1n) is 5.95. The summed E-state index contributed by atoms with van der Waals surface area (Å²) >= 11 is 0. The predicted molar refractivity (Wildman–Crippen MR) is 96.1 cm³/mol. The van der Waals surface area contributed by atoms with Gasteiger partial charge >= 0.3 is 0 Å². The average Bonchev–Trinajstić information content (AvgIpc) is 2.59. The summed E-state index contributed by atoms with van der Waals surface area (Å²) in [6, 6.07) is 0.161. The van der Waals surface area contributed by atoms with Crippen molar-refractivity contribution in [1.29, 1.82) is 0 Å². The monoisotopic (exact) mass is 322 g/mol. The van der Waals surface area contributed by atoms with Gasteiger partial charge in [0, 0.05) is 0 Å². The summed E-state index contributed by atoms with van der Waals surface area (Å²) in [4.78, 5) is 0. The maximum absolute atomic E-state index is 6.13. The van der Waals surface area contributed by atoms with Crippen molar-refractivity contribution in [2.75, 3.05) is 12.3 Å². The van der Waals surface area contributed by atoms with Crippen molar-refractivity contribution in [3.05, 3.63) is 6.20 Å². The Bertz CT molecular complexity index is 377. The molecule has 20 heavy (non-hydrogen) atoms. The third-order valence-electron chi connectivity index (χ3n) is 3.47. The first-order chi connectivity index (χ1) is 7.63. The third kappa shape index (κ3) is 6.28. The Morgan fingerprint density at radius 1 is 1.35 bits per heavy atom. The summed E-state index contributed by atoms with van der Waals surface area (Å²) in [5, 5.41) is 7.96. The molecule has 2 N–H and O–H groups in total. The molecular formula is C13H34N4OSSi. The molecular weight excluding hydrogens is 288 g/mol. The van der Waals surface area contributed by atoms with E-state index in [0.717, 1.165) is 0 Å². The number of rotatable bonds is 4. The van der Waals surface area contributed by atoms with Crippen molar-refractivity contribution >= 4 is 27.6 Å². The molecule has 0 saturated heterocycles. The van der Waals surface area contributed by atoms with Gasteiger partial charge in [0.1, 0.15) is 0 Å². The van der Waals surface area contributed by atoms with Crippen LogP contribution < -0.4 is 5.73 Å². The average molecular weight is 323 g/mol. The quantitative estimate of drug-likeness (QED) is 0.856. The summed E-state index contributed by atoms with van der Waals surface area (Å²) in [7, 11) is -1.69. The number of nitrogens with two attached hydrogens (primary N) is 1. The Balaban J connectivity index is -0.000000963. The fraction of sp³-hybridized carbons (Fsp3) is 0.846. The zero-order chi connectivity index (χ0) is 13.3. The lowest BCUT2D eigenvalue weighted by atomic mass is 10.2. The summed E-state index contributed by atoms with van der Waals surface area (Å²) < 4.78 is 7.88. The van der Waals surface area contributed by atoms with Crippen LogP contribution in [0.1, 0.15) is 48.6 Å². The van der Waals surface area contributed by atoms with E-state index in [1.807, 2.05) is 0 Å². The molecule has 7 heteroatoms. The molecule has 0 unspecified atom stereocenters. The van der Waals surface area contributed by atoms with E-state index in [-0.39, 0.29) is 39.4 Å². The van der Waals surface area contributed by atoms with Crippen LogP contribution in [0.5, 0.6) is 0 Å². The molecule has 0 aromatic carbocycles. The van der Waals surface area contributed by atoms with Gasteiger partial charge in [-0.1, -0.05) is 40.8 Å². The van der Waals surface area contributed by atoms with Gasteiger partial charge in [0.15, 0.2) is 14.1 Å². The molecule has 0 radical (unpaired) electrons. The lowest BCUT2D eigenvalue weighted by Crippen LogP contribution is -2.42. The molecule has 1 heterocycles. The van der Waals surface area contributed by atoms with Crippen LogP contribution in [0, 0.1) is 0 Å².